The lowest BCUT2D eigenvalue weighted by molar-refractivity contribution is -0.384. The van der Waals surface area contributed by atoms with E-state index in [-0.39, 0.29) is 11.3 Å². The van der Waals surface area contributed by atoms with Crippen LogP contribution in [0.25, 0.3) is 0 Å². The third kappa shape index (κ3) is 5.68. The highest BCUT2D eigenvalue weighted by molar-refractivity contribution is 5.97. The molecule has 1 N–H and O–H groups in total. The van der Waals surface area contributed by atoms with Crippen molar-refractivity contribution in [2.75, 3.05) is 24.6 Å². The van der Waals surface area contributed by atoms with Gasteiger partial charge in [-0.3, -0.25) is 14.9 Å². The molecule has 8 nitrogen and oxygen atoms in total. The Morgan fingerprint density at radius 1 is 1.32 bits per heavy atom. The zero-order valence-corrected chi connectivity index (χ0v) is 17.0. The first kappa shape index (κ1) is 21.7. The van der Waals surface area contributed by atoms with Gasteiger partial charge in [-0.05, 0) is 45.1 Å². The van der Waals surface area contributed by atoms with Gasteiger partial charge >= 0.3 is 5.97 Å². The van der Waals surface area contributed by atoms with Gasteiger partial charge < -0.3 is 15.0 Å². The predicted octanol–water partition coefficient (Wildman–Crippen LogP) is 3.29. The SMILES string of the molecule is CCC(C)(C)NC(=O)COC(=O)c1cc([N+](=O)[O-])ccc1N1CCC(C)CC1. The van der Waals surface area contributed by atoms with E-state index in [1.807, 2.05) is 25.7 Å². The number of nitro benzene ring substituents is 1. The van der Waals surface area contributed by atoms with E-state index in [9.17, 15) is 19.7 Å². The largest absolute Gasteiger partial charge is 0.452 e. The Morgan fingerprint density at radius 3 is 2.54 bits per heavy atom. The van der Waals surface area contributed by atoms with E-state index in [0.717, 1.165) is 32.4 Å². The molecule has 1 fully saturated rings. The van der Waals surface area contributed by atoms with Gasteiger partial charge in [-0.2, -0.15) is 0 Å². The summed E-state index contributed by atoms with van der Waals surface area (Å²) in [6.45, 7) is 8.99. The van der Waals surface area contributed by atoms with Gasteiger partial charge in [0.25, 0.3) is 11.6 Å². The van der Waals surface area contributed by atoms with Gasteiger partial charge in [-0.25, -0.2) is 4.79 Å². The molecule has 2 rings (SSSR count). The standard InChI is InChI=1S/C20H29N3O5/c1-5-20(3,4)21-18(24)13-28-19(25)16-12-15(23(26)27)6-7-17(16)22-10-8-14(2)9-11-22/h6-7,12,14H,5,8-11,13H2,1-4H3,(H,21,24). The average molecular weight is 391 g/mol. The molecule has 0 radical (unpaired) electrons. The van der Waals surface area contributed by atoms with Crippen molar-refractivity contribution in [3.8, 4) is 0 Å². The predicted molar refractivity (Wildman–Crippen MR) is 107 cm³/mol. The van der Waals surface area contributed by atoms with Crippen molar-refractivity contribution in [1.29, 1.82) is 0 Å². The molecule has 1 aromatic rings. The number of anilines is 1. The molecule has 8 heteroatoms. The number of carbonyl (C=O) groups excluding carboxylic acids is 2. The first-order valence-corrected chi connectivity index (χ1v) is 9.64. The van der Waals surface area contributed by atoms with Crippen LogP contribution in [0.5, 0.6) is 0 Å². The molecule has 1 heterocycles. The van der Waals surface area contributed by atoms with Crippen LogP contribution in [0.1, 0.15) is 57.3 Å². The third-order valence-corrected chi connectivity index (χ3v) is 5.23. The summed E-state index contributed by atoms with van der Waals surface area (Å²) in [6.07, 6.45) is 2.70. The van der Waals surface area contributed by atoms with Gasteiger partial charge in [-0.1, -0.05) is 13.8 Å². The highest BCUT2D eigenvalue weighted by atomic mass is 16.6. The molecule has 1 amide bonds. The van der Waals surface area contributed by atoms with E-state index in [4.69, 9.17) is 4.74 Å². The summed E-state index contributed by atoms with van der Waals surface area (Å²) in [5.41, 5.74) is 0.144. The molecule has 0 spiro atoms. The van der Waals surface area contributed by atoms with Crippen LogP contribution in [0.15, 0.2) is 18.2 Å². The minimum Gasteiger partial charge on any atom is -0.452 e. The highest BCUT2D eigenvalue weighted by Gasteiger charge is 2.25. The van der Waals surface area contributed by atoms with E-state index in [0.29, 0.717) is 11.6 Å². The lowest BCUT2D eigenvalue weighted by atomic mass is 9.98. The molecular weight excluding hydrogens is 362 g/mol. The zero-order chi connectivity index (χ0) is 20.9. The summed E-state index contributed by atoms with van der Waals surface area (Å²) < 4.78 is 5.17. The van der Waals surface area contributed by atoms with Crippen molar-refractivity contribution in [3.63, 3.8) is 0 Å². The number of hydrogen-bond donors (Lipinski definition) is 1. The first-order chi connectivity index (χ1) is 13.1. The van der Waals surface area contributed by atoms with Crippen LogP contribution in [0.4, 0.5) is 11.4 Å². The number of non-ortho nitro benzene ring substituents is 1. The number of ether oxygens (including phenoxy) is 1. The Bertz CT molecular complexity index is 739. The second-order valence-electron chi connectivity index (χ2n) is 7.99. The molecule has 0 saturated carbocycles. The minimum atomic E-state index is -0.734. The molecular formula is C20H29N3O5. The molecule has 0 aliphatic carbocycles. The second-order valence-corrected chi connectivity index (χ2v) is 7.99. The van der Waals surface area contributed by atoms with E-state index in [2.05, 4.69) is 12.2 Å². The number of nitro groups is 1. The number of esters is 1. The van der Waals surface area contributed by atoms with Crippen LogP contribution in [0.3, 0.4) is 0 Å². The van der Waals surface area contributed by atoms with Crippen molar-refractivity contribution in [2.45, 2.75) is 52.5 Å². The van der Waals surface area contributed by atoms with Crippen LogP contribution >= 0.6 is 0 Å². The molecule has 0 unspecified atom stereocenters. The Morgan fingerprint density at radius 2 is 1.96 bits per heavy atom. The fourth-order valence-electron chi connectivity index (χ4n) is 3.04. The molecule has 0 bridgehead atoms. The third-order valence-electron chi connectivity index (χ3n) is 5.23. The molecule has 1 aliphatic heterocycles. The van der Waals surface area contributed by atoms with Crippen LogP contribution in [0.2, 0.25) is 0 Å². The maximum absolute atomic E-state index is 12.6. The number of nitrogens with one attached hydrogen (secondary N) is 1. The van der Waals surface area contributed by atoms with Crippen LogP contribution in [-0.2, 0) is 9.53 Å². The number of nitrogens with zero attached hydrogens (tertiary/aromatic N) is 2. The topological polar surface area (TPSA) is 102 Å². The quantitative estimate of drug-likeness (QED) is 0.435. The van der Waals surface area contributed by atoms with Crippen molar-refractivity contribution < 1.29 is 19.2 Å². The van der Waals surface area contributed by atoms with Crippen molar-refractivity contribution in [1.82, 2.24) is 5.32 Å². The number of amides is 1. The lowest BCUT2D eigenvalue weighted by Gasteiger charge is -2.33. The van der Waals surface area contributed by atoms with Crippen molar-refractivity contribution >= 4 is 23.3 Å². The molecule has 1 aliphatic rings. The summed E-state index contributed by atoms with van der Waals surface area (Å²) in [5, 5.41) is 13.9. The number of benzene rings is 1. The Labute approximate surface area is 165 Å². The molecule has 1 aromatic carbocycles. The maximum Gasteiger partial charge on any atom is 0.341 e. The Hall–Kier alpha value is -2.64. The molecule has 1 saturated heterocycles. The summed E-state index contributed by atoms with van der Waals surface area (Å²) in [7, 11) is 0. The number of hydrogen-bond acceptors (Lipinski definition) is 6. The van der Waals surface area contributed by atoms with Crippen LogP contribution < -0.4 is 10.2 Å². The van der Waals surface area contributed by atoms with Crippen LogP contribution in [-0.4, -0.2) is 42.0 Å². The average Bonchev–Trinajstić information content (AvgIpc) is 2.66. The normalized spacial score (nSPS) is 15.2. The summed E-state index contributed by atoms with van der Waals surface area (Å²) in [4.78, 5) is 37.3. The summed E-state index contributed by atoms with van der Waals surface area (Å²) >= 11 is 0. The van der Waals surface area contributed by atoms with E-state index < -0.39 is 28.9 Å². The molecule has 0 aromatic heterocycles. The van der Waals surface area contributed by atoms with E-state index in [1.165, 1.54) is 12.1 Å². The van der Waals surface area contributed by atoms with Gasteiger partial charge in [0, 0.05) is 30.8 Å². The molecule has 154 valence electrons. The van der Waals surface area contributed by atoms with Gasteiger partial charge in [0.15, 0.2) is 6.61 Å². The van der Waals surface area contributed by atoms with Gasteiger partial charge in [-0.15, -0.1) is 0 Å². The Kier molecular flexibility index (Phi) is 6.99. The summed E-state index contributed by atoms with van der Waals surface area (Å²) in [5.74, 6) is -0.531. The fourth-order valence-corrected chi connectivity index (χ4v) is 3.04. The van der Waals surface area contributed by atoms with Gasteiger partial charge in [0.05, 0.1) is 16.2 Å². The number of piperidine rings is 1. The van der Waals surface area contributed by atoms with E-state index in [1.54, 1.807) is 6.07 Å². The van der Waals surface area contributed by atoms with Gasteiger partial charge in [0.1, 0.15) is 0 Å². The minimum absolute atomic E-state index is 0.117. The van der Waals surface area contributed by atoms with Gasteiger partial charge in [0.2, 0.25) is 0 Å². The maximum atomic E-state index is 12.6. The van der Waals surface area contributed by atoms with E-state index >= 15 is 0 Å². The van der Waals surface area contributed by atoms with Crippen molar-refractivity contribution in [3.05, 3.63) is 33.9 Å². The first-order valence-electron chi connectivity index (χ1n) is 9.64. The fraction of sp³-hybridized carbons (Fsp3) is 0.600. The number of carbonyl (C=O) groups is 2. The number of rotatable bonds is 7. The molecule has 0 atom stereocenters. The lowest BCUT2D eigenvalue weighted by Crippen LogP contribution is -2.44. The van der Waals surface area contributed by atoms with Crippen molar-refractivity contribution in [2.24, 2.45) is 5.92 Å². The monoisotopic (exact) mass is 391 g/mol. The second kappa shape index (κ2) is 9.03. The Balaban J connectivity index is 2.16. The summed E-state index contributed by atoms with van der Waals surface area (Å²) in [6, 6.07) is 4.20. The highest BCUT2D eigenvalue weighted by Crippen LogP contribution is 2.29. The zero-order valence-electron chi connectivity index (χ0n) is 17.0. The van der Waals surface area contributed by atoms with Crippen LogP contribution in [0, 0.1) is 16.0 Å². The molecule has 28 heavy (non-hydrogen) atoms. The smallest absolute Gasteiger partial charge is 0.341 e.